The average Bonchev–Trinajstić information content (AvgIpc) is 3.34. The molecule has 0 atom stereocenters. The zero-order valence-electron chi connectivity index (χ0n) is 14.7. The Morgan fingerprint density at radius 1 is 1.14 bits per heavy atom. The Labute approximate surface area is 163 Å². The van der Waals surface area contributed by atoms with E-state index in [1.807, 2.05) is 4.90 Å². The molecular weight excluding hydrogens is 391 g/mol. The molecule has 9 heteroatoms. The highest BCUT2D eigenvalue weighted by Crippen LogP contribution is 2.36. The lowest BCUT2D eigenvalue weighted by Crippen LogP contribution is -2.35. The van der Waals surface area contributed by atoms with E-state index < -0.39 is 17.6 Å². The van der Waals surface area contributed by atoms with Gasteiger partial charge in [-0.25, -0.2) is 4.98 Å². The molecule has 0 spiro atoms. The highest BCUT2D eigenvalue weighted by Gasteiger charge is 2.38. The van der Waals surface area contributed by atoms with Crippen molar-refractivity contribution in [1.29, 1.82) is 0 Å². The minimum absolute atomic E-state index is 0.0384. The summed E-state index contributed by atoms with van der Waals surface area (Å²) in [6, 6.07) is 4.88. The van der Waals surface area contributed by atoms with E-state index in [4.69, 9.17) is 0 Å². The molecule has 2 aliphatic rings. The number of hydrogen-bond donors (Lipinski definition) is 1. The van der Waals surface area contributed by atoms with Crippen LogP contribution in [0.15, 0.2) is 48.2 Å². The van der Waals surface area contributed by atoms with Crippen LogP contribution in [0.3, 0.4) is 0 Å². The van der Waals surface area contributed by atoms with E-state index in [9.17, 15) is 23.1 Å². The first-order valence-corrected chi connectivity index (χ1v) is 9.30. The molecule has 3 heterocycles. The van der Waals surface area contributed by atoms with E-state index in [1.165, 1.54) is 34.4 Å². The quantitative estimate of drug-likeness (QED) is 0.618. The van der Waals surface area contributed by atoms with E-state index in [1.54, 1.807) is 6.20 Å². The lowest BCUT2D eigenvalue weighted by Gasteiger charge is -2.23. The van der Waals surface area contributed by atoms with Gasteiger partial charge in [-0.05, 0) is 23.3 Å². The molecule has 5 nitrogen and oxygen atoms in total. The molecule has 1 aromatic carbocycles. The Hall–Kier alpha value is -2.81. The van der Waals surface area contributed by atoms with Crippen LogP contribution in [0.25, 0.3) is 5.76 Å². The molecule has 1 N–H and O–H groups in total. The normalized spacial score (nSPS) is 16.7. The second-order valence-corrected chi connectivity index (χ2v) is 7.73. The number of nitrogens with zero attached hydrogens (tertiary/aromatic N) is 3. The molecule has 0 aliphatic carbocycles. The number of alkyl halides is 3. The van der Waals surface area contributed by atoms with Crippen molar-refractivity contribution < 1.29 is 23.1 Å². The maximum Gasteiger partial charge on any atom is 0.417 e. The third-order valence-electron chi connectivity index (χ3n) is 4.83. The van der Waals surface area contributed by atoms with E-state index in [0.29, 0.717) is 31.1 Å². The summed E-state index contributed by atoms with van der Waals surface area (Å²) >= 11 is 1.32. The Morgan fingerprint density at radius 2 is 1.79 bits per heavy atom. The van der Waals surface area contributed by atoms with Crippen molar-refractivity contribution in [2.45, 2.75) is 6.18 Å². The molecule has 28 heavy (non-hydrogen) atoms. The van der Waals surface area contributed by atoms with Gasteiger partial charge in [0.05, 0.1) is 22.2 Å². The monoisotopic (exact) mass is 407 g/mol. The highest BCUT2D eigenvalue weighted by molar-refractivity contribution is 7.16. The Balaban J connectivity index is 1.46. The summed E-state index contributed by atoms with van der Waals surface area (Å²) in [7, 11) is 0. The molecule has 0 saturated heterocycles. The summed E-state index contributed by atoms with van der Waals surface area (Å²) in [5.74, 6) is -0.648. The van der Waals surface area contributed by atoms with Crippen molar-refractivity contribution in [3.8, 4) is 0 Å². The number of benzene rings is 1. The summed E-state index contributed by atoms with van der Waals surface area (Å²) in [4.78, 5) is 21.1. The van der Waals surface area contributed by atoms with E-state index in [-0.39, 0.29) is 11.3 Å². The second kappa shape index (κ2) is 6.66. The van der Waals surface area contributed by atoms with Crippen LogP contribution in [0, 0.1) is 0 Å². The molecule has 146 valence electrons. The van der Waals surface area contributed by atoms with Gasteiger partial charge in [-0.1, -0.05) is 30.0 Å². The fraction of sp³-hybridized carbons (Fsp3) is 0.263. The summed E-state index contributed by atoms with van der Waals surface area (Å²) in [5.41, 5.74) is 0.821. The molecule has 1 aromatic heterocycles. The number of carbonyl (C=O) groups excluding carboxylic acids is 1. The van der Waals surface area contributed by atoms with Gasteiger partial charge >= 0.3 is 6.18 Å². The first-order chi connectivity index (χ1) is 13.2. The van der Waals surface area contributed by atoms with Crippen molar-refractivity contribution in [2.24, 2.45) is 0 Å². The van der Waals surface area contributed by atoms with Gasteiger partial charge < -0.3 is 14.9 Å². The number of halogens is 3. The summed E-state index contributed by atoms with van der Waals surface area (Å²) in [6.45, 7) is 5.21. The van der Waals surface area contributed by atoms with Crippen molar-refractivity contribution in [2.75, 3.05) is 31.1 Å². The molecule has 2 aromatic rings. The van der Waals surface area contributed by atoms with Gasteiger partial charge in [0.2, 0.25) is 0 Å². The average molecular weight is 407 g/mol. The molecule has 0 saturated carbocycles. The van der Waals surface area contributed by atoms with Crippen LogP contribution in [0.2, 0.25) is 0 Å². The summed E-state index contributed by atoms with van der Waals surface area (Å²) in [5, 5.41) is 10.2. The largest absolute Gasteiger partial charge is 0.507 e. The Morgan fingerprint density at radius 3 is 2.36 bits per heavy atom. The molecule has 0 unspecified atom stereocenters. The molecule has 1 amide bonds. The van der Waals surface area contributed by atoms with Gasteiger partial charge in [0.25, 0.3) is 5.91 Å². The third-order valence-corrected chi connectivity index (χ3v) is 5.93. The number of aromatic nitrogens is 1. The van der Waals surface area contributed by atoms with Gasteiger partial charge in [0.1, 0.15) is 5.76 Å². The fourth-order valence-corrected chi connectivity index (χ4v) is 4.27. The van der Waals surface area contributed by atoms with E-state index in [2.05, 4.69) is 11.6 Å². The van der Waals surface area contributed by atoms with Crippen LogP contribution in [-0.2, 0) is 6.18 Å². The number of rotatable bonds is 3. The van der Waals surface area contributed by atoms with Gasteiger partial charge in [-0.2, -0.15) is 13.2 Å². The highest BCUT2D eigenvalue weighted by atomic mass is 32.1. The minimum atomic E-state index is -4.57. The smallest absolute Gasteiger partial charge is 0.417 e. The van der Waals surface area contributed by atoms with Gasteiger partial charge in [0.15, 0.2) is 5.13 Å². The predicted octanol–water partition coefficient (Wildman–Crippen LogP) is 3.96. The standard InChI is InChI=1S/C19H16F3N3O2S/c1-11(26)16-6-23-18(28-16)25-9-12-7-24(8-13(12)10-25)17(27)14-4-2-3-5-15(14)19(20,21)22/h2-6,26H,1,7-10H2. The Bertz CT molecular complexity index is 978. The van der Waals surface area contributed by atoms with Gasteiger partial charge in [-0.15, -0.1) is 0 Å². The van der Waals surface area contributed by atoms with Crippen LogP contribution in [0.4, 0.5) is 18.3 Å². The van der Waals surface area contributed by atoms with Crippen LogP contribution >= 0.6 is 11.3 Å². The van der Waals surface area contributed by atoms with Crippen molar-refractivity contribution >= 4 is 28.1 Å². The number of carbonyl (C=O) groups is 1. The van der Waals surface area contributed by atoms with Crippen LogP contribution in [0.1, 0.15) is 20.8 Å². The lowest BCUT2D eigenvalue weighted by atomic mass is 10.1. The number of aliphatic hydroxyl groups excluding tert-OH is 1. The van der Waals surface area contributed by atoms with Crippen LogP contribution in [-0.4, -0.2) is 47.1 Å². The van der Waals surface area contributed by atoms with Crippen LogP contribution < -0.4 is 4.90 Å². The summed E-state index contributed by atoms with van der Waals surface area (Å²) in [6.07, 6.45) is -3.02. The van der Waals surface area contributed by atoms with E-state index >= 15 is 0 Å². The molecule has 0 fully saturated rings. The molecule has 2 aliphatic heterocycles. The van der Waals surface area contributed by atoms with E-state index in [0.717, 1.165) is 22.3 Å². The zero-order valence-corrected chi connectivity index (χ0v) is 15.5. The number of aliphatic hydroxyl groups is 1. The molecule has 0 bridgehead atoms. The van der Waals surface area contributed by atoms with Crippen molar-refractivity contribution in [3.63, 3.8) is 0 Å². The lowest BCUT2D eigenvalue weighted by molar-refractivity contribution is -0.138. The number of anilines is 1. The zero-order chi connectivity index (χ0) is 20.1. The molecular formula is C19H16F3N3O2S. The topological polar surface area (TPSA) is 56.7 Å². The Kier molecular flexibility index (Phi) is 4.41. The first kappa shape index (κ1) is 18.5. The molecule has 0 radical (unpaired) electrons. The fourth-order valence-electron chi connectivity index (χ4n) is 3.49. The number of hydrogen-bond acceptors (Lipinski definition) is 5. The maximum absolute atomic E-state index is 13.2. The summed E-state index contributed by atoms with van der Waals surface area (Å²) < 4.78 is 39.6. The SMILES string of the molecule is C=C(O)c1cnc(N2CC3=C(CN(C(=O)c4ccccc4C(F)(F)F)C3)C2)s1. The predicted molar refractivity (Wildman–Crippen MR) is 100 cm³/mol. The van der Waals surface area contributed by atoms with Gasteiger partial charge in [-0.3, -0.25) is 4.79 Å². The maximum atomic E-state index is 13.2. The minimum Gasteiger partial charge on any atom is -0.507 e. The van der Waals surface area contributed by atoms with Gasteiger partial charge in [0, 0.05) is 26.2 Å². The van der Waals surface area contributed by atoms with Crippen molar-refractivity contribution in [1.82, 2.24) is 9.88 Å². The van der Waals surface area contributed by atoms with Crippen molar-refractivity contribution in [3.05, 3.63) is 64.2 Å². The third kappa shape index (κ3) is 3.26. The number of thiazole rings is 1. The van der Waals surface area contributed by atoms with Crippen LogP contribution in [0.5, 0.6) is 0 Å². The second-order valence-electron chi connectivity index (χ2n) is 6.72. The number of amides is 1. The molecule has 4 rings (SSSR count). The first-order valence-electron chi connectivity index (χ1n) is 8.48.